The molecule has 1 aliphatic carbocycles. The molecule has 162 valence electrons. The van der Waals surface area contributed by atoms with Gasteiger partial charge in [-0.05, 0) is 76.6 Å². The molecule has 2 saturated heterocycles. The SMILES string of the molecule is O=C(NCCCN1CCCCC1)C1CCN(c2ncnc3sc4c(c23)CCC4)CC1. The van der Waals surface area contributed by atoms with Gasteiger partial charge in [0.1, 0.15) is 17.0 Å². The van der Waals surface area contributed by atoms with E-state index in [9.17, 15) is 4.79 Å². The van der Waals surface area contributed by atoms with Crippen molar-refractivity contribution in [3.63, 3.8) is 0 Å². The minimum Gasteiger partial charge on any atom is -0.356 e. The van der Waals surface area contributed by atoms with Crippen LogP contribution in [0.5, 0.6) is 0 Å². The molecule has 0 spiro atoms. The van der Waals surface area contributed by atoms with E-state index in [1.807, 2.05) is 11.3 Å². The largest absolute Gasteiger partial charge is 0.356 e. The van der Waals surface area contributed by atoms with Crippen LogP contribution in [-0.4, -0.2) is 60.0 Å². The first kappa shape index (κ1) is 20.2. The van der Waals surface area contributed by atoms with E-state index in [0.29, 0.717) is 0 Å². The second-order valence-electron chi connectivity index (χ2n) is 9.04. The van der Waals surface area contributed by atoms with Gasteiger partial charge in [-0.3, -0.25) is 4.79 Å². The molecule has 2 aromatic heterocycles. The highest BCUT2D eigenvalue weighted by molar-refractivity contribution is 7.19. The topological polar surface area (TPSA) is 61.4 Å². The summed E-state index contributed by atoms with van der Waals surface area (Å²) >= 11 is 1.85. The van der Waals surface area contributed by atoms with Crippen LogP contribution in [0, 0.1) is 5.92 Å². The van der Waals surface area contributed by atoms with Crippen LogP contribution < -0.4 is 10.2 Å². The van der Waals surface area contributed by atoms with Gasteiger partial charge in [0, 0.05) is 30.4 Å². The van der Waals surface area contributed by atoms with Gasteiger partial charge < -0.3 is 15.1 Å². The minimum absolute atomic E-state index is 0.141. The molecule has 1 amide bonds. The smallest absolute Gasteiger partial charge is 0.223 e. The number of hydrogen-bond acceptors (Lipinski definition) is 6. The normalized spacial score (nSPS) is 20.6. The molecule has 0 bridgehead atoms. The number of aryl methyl sites for hydroxylation is 2. The lowest BCUT2D eigenvalue weighted by molar-refractivity contribution is -0.125. The molecule has 1 N–H and O–H groups in total. The average molecular weight is 428 g/mol. The van der Waals surface area contributed by atoms with Gasteiger partial charge in [0.25, 0.3) is 0 Å². The van der Waals surface area contributed by atoms with E-state index in [2.05, 4.69) is 25.1 Å². The number of nitrogens with one attached hydrogen (secondary N) is 1. The standard InChI is InChI=1S/C23H33N5OS/c29-22(24-10-5-13-27-11-2-1-3-12-27)17-8-14-28(15-9-17)21-20-18-6-4-7-19(18)30-23(20)26-16-25-21/h16-17H,1-15H2,(H,24,29). The molecule has 0 unspecified atom stereocenters. The molecule has 7 heteroatoms. The van der Waals surface area contributed by atoms with Crippen LogP contribution in [0.1, 0.15) is 55.4 Å². The number of anilines is 1. The molecule has 0 radical (unpaired) electrons. The van der Waals surface area contributed by atoms with Crippen molar-refractivity contribution in [3.8, 4) is 0 Å². The fourth-order valence-electron chi connectivity index (χ4n) is 5.35. The van der Waals surface area contributed by atoms with E-state index < -0.39 is 0 Å². The van der Waals surface area contributed by atoms with E-state index in [-0.39, 0.29) is 11.8 Å². The summed E-state index contributed by atoms with van der Waals surface area (Å²) in [6, 6.07) is 0. The average Bonchev–Trinajstić information content (AvgIpc) is 3.38. The van der Waals surface area contributed by atoms with Gasteiger partial charge in [-0.15, -0.1) is 11.3 Å². The van der Waals surface area contributed by atoms with Gasteiger partial charge in [-0.1, -0.05) is 6.42 Å². The molecule has 2 aliphatic heterocycles. The van der Waals surface area contributed by atoms with Gasteiger partial charge in [0.05, 0.1) is 5.39 Å². The second kappa shape index (κ2) is 9.18. The van der Waals surface area contributed by atoms with E-state index in [1.54, 1.807) is 6.33 Å². The Morgan fingerprint density at radius 1 is 1.07 bits per heavy atom. The molecule has 6 nitrogen and oxygen atoms in total. The van der Waals surface area contributed by atoms with Crippen LogP contribution in [0.2, 0.25) is 0 Å². The maximum absolute atomic E-state index is 12.6. The predicted molar refractivity (Wildman–Crippen MR) is 122 cm³/mol. The Bertz CT molecular complexity index is 883. The molecule has 0 aromatic carbocycles. The number of piperidine rings is 2. The number of amides is 1. The fourth-order valence-corrected chi connectivity index (χ4v) is 6.57. The van der Waals surface area contributed by atoms with Gasteiger partial charge in [-0.2, -0.15) is 0 Å². The third-order valence-electron chi connectivity index (χ3n) is 7.05. The maximum Gasteiger partial charge on any atom is 0.223 e. The Balaban J connectivity index is 1.12. The van der Waals surface area contributed by atoms with E-state index >= 15 is 0 Å². The van der Waals surface area contributed by atoms with E-state index in [0.717, 1.165) is 62.5 Å². The van der Waals surface area contributed by atoms with Crippen molar-refractivity contribution >= 4 is 33.3 Å². The number of carbonyl (C=O) groups is 1. The highest BCUT2D eigenvalue weighted by Crippen LogP contribution is 2.40. The van der Waals surface area contributed by atoms with Crippen molar-refractivity contribution in [2.75, 3.05) is 44.2 Å². The highest BCUT2D eigenvalue weighted by Gasteiger charge is 2.28. The quantitative estimate of drug-likeness (QED) is 0.716. The lowest BCUT2D eigenvalue weighted by Gasteiger charge is -2.32. The van der Waals surface area contributed by atoms with Crippen molar-refractivity contribution in [2.45, 2.75) is 57.8 Å². The molecule has 3 aliphatic rings. The first-order valence-corrected chi connectivity index (χ1v) is 12.6. The number of nitrogens with zero attached hydrogens (tertiary/aromatic N) is 4. The molecule has 2 fully saturated rings. The number of thiophene rings is 1. The zero-order chi connectivity index (χ0) is 20.3. The maximum atomic E-state index is 12.6. The first-order chi connectivity index (χ1) is 14.8. The zero-order valence-electron chi connectivity index (χ0n) is 17.9. The molecule has 0 atom stereocenters. The van der Waals surface area contributed by atoms with E-state index in [1.165, 1.54) is 61.0 Å². The minimum atomic E-state index is 0.141. The molecule has 2 aromatic rings. The number of aromatic nitrogens is 2. The first-order valence-electron chi connectivity index (χ1n) is 11.8. The van der Waals surface area contributed by atoms with E-state index in [4.69, 9.17) is 0 Å². The Labute approximate surface area is 183 Å². The summed E-state index contributed by atoms with van der Waals surface area (Å²) in [6.45, 7) is 6.20. The highest BCUT2D eigenvalue weighted by atomic mass is 32.1. The molecule has 4 heterocycles. The van der Waals surface area contributed by atoms with Crippen molar-refractivity contribution in [1.29, 1.82) is 0 Å². The Morgan fingerprint density at radius 2 is 1.90 bits per heavy atom. The summed E-state index contributed by atoms with van der Waals surface area (Å²) in [5, 5.41) is 4.49. The van der Waals surface area contributed by atoms with Gasteiger partial charge in [-0.25, -0.2) is 9.97 Å². The molecule has 5 rings (SSSR count). The summed E-state index contributed by atoms with van der Waals surface area (Å²) in [6.07, 6.45) is 12.2. The lowest BCUT2D eigenvalue weighted by Crippen LogP contribution is -2.41. The zero-order valence-corrected chi connectivity index (χ0v) is 18.7. The van der Waals surface area contributed by atoms with Crippen molar-refractivity contribution in [2.24, 2.45) is 5.92 Å². The third kappa shape index (κ3) is 4.19. The second-order valence-corrected chi connectivity index (χ2v) is 10.1. The summed E-state index contributed by atoms with van der Waals surface area (Å²) < 4.78 is 0. The number of rotatable bonds is 6. The van der Waals surface area contributed by atoms with Crippen molar-refractivity contribution in [3.05, 3.63) is 16.8 Å². The number of carbonyl (C=O) groups excluding carboxylic acids is 1. The molecular weight excluding hydrogens is 394 g/mol. The predicted octanol–water partition coefficient (Wildman–Crippen LogP) is 3.39. The Morgan fingerprint density at radius 3 is 2.73 bits per heavy atom. The van der Waals surface area contributed by atoms with Crippen LogP contribution >= 0.6 is 11.3 Å². The van der Waals surface area contributed by atoms with Crippen LogP contribution in [0.3, 0.4) is 0 Å². The monoisotopic (exact) mass is 427 g/mol. The van der Waals surface area contributed by atoms with Crippen molar-refractivity contribution < 1.29 is 4.79 Å². The molecule has 0 saturated carbocycles. The Kier molecular flexibility index (Phi) is 6.18. The Hall–Kier alpha value is -1.73. The summed E-state index contributed by atoms with van der Waals surface area (Å²) in [5.41, 5.74) is 1.49. The number of fused-ring (bicyclic) bond motifs is 3. The van der Waals surface area contributed by atoms with Gasteiger partial charge in [0.15, 0.2) is 0 Å². The number of likely N-dealkylation sites (tertiary alicyclic amines) is 1. The lowest BCUT2D eigenvalue weighted by atomic mass is 9.95. The summed E-state index contributed by atoms with van der Waals surface area (Å²) in [7, 11) is 0. The van der Waals surface area contributed by atoms with Crippen LogP contribution in [-0.2, 0) is 17.6 Å². The molecule has 30 heavy (non-hydrogen) atoms. The number of hydrogen-bond donors (Lipinski definition) is 1. The van der Waals surface area contributed by atoms with Crippen molar-refractivity contribution in [1.82, 2.24) is 20.2 Å². The third-order valence-corrected chi connectivity index (χ3v) is 8.25. The van der Waals surface area contributed by atoms with Gasteiger partial charge >= 0.3 is 0 Å². The molecular formula is C23H33N5OS. The summed E-state index contributed by atoms with van der Waals surface area (Å²) in [4.78, 5) is 29.4. The van der Waals surface area contributed by atoms with Gasteiger partial charge in [0.2, 0.25) is 5.91 Å². The van der Waals surface area contributed by atoms with Crippen LogP contribution in [0.25, 0.3) is 10.2 Å². The fraction of sp³-hybridized carbons (Fsp3) is 0.696. The van der Waals surface area contributed by atoms with Crippen LogP contribution in [0.15, 0.2) is 6.33 Å². The summed E-state index contributed by atoms with van der Waals surface area (Å²) in [5.74, 6) is 1.49. The van der Waals surface area contributed by atoms with Crippen LogP contribution in [0.4, 0.5) is 5.82 Å².